The highest BCUT2D eigenvalue weighted by Gasteiger charge is 2.24. The Morgan fingerprint density at radius 2 is 1.79 bits per heavy atom. The number of ether oxygens (including phenoxy) is 1. The topological polar surface area (TPSA) is 73.2 Å². The van der Waals surface area contributed by atoms with E-state index in [0.717, 1.165) is 5.56 Å². The third-order valence-electron chi connectivity index (χ3n) is 4.55. The number of nitrogens with zero attached hydrogens (tertiary/aromatic N) is 2. The van der Waals surface area contributed by atoms with E-state index in [4.69, 9.17) is 4.74 Å². The van der Waals surface area contributed by atoms with E-state index >= 15 is 0 Å². The standard InChI is InChI=1S/C22H23N3O3/c1-25-15-14-23-22(25)21(17-10-6-7-11-19(17)28-2)24-20(27)13-12-18(26)16-8-4-3-5-9-16/h3-11,14-15,21H,12-13H2,1-2H3,(H,24,27). The Morgan fingerprint density at radius 1 is 1.07 bits per heavy atom. The summed E-state index contributed by atoms with van der Waals surface area (Å²) in [6.07, 6.45) is 3.75. The molecule has 3 aromatic rings. The third kappa shape index (κ3) is 4.46. The smallest absolute Gasteiger partial charge is 0.221 e. The van der Waals surface area contributed by atoms with Gasteiger partial charge in [-0.05, 0) is 6.07 Å². The molecule has 3 rings (SSSR count). The van der Waals surface area contributed by atoms with Crippen molar-refractivity contribution in [1.82, 2.24) is 14.9 Å². The summed E-state index contributed by atoms with van der Waals surface area (Å²) in [5, 5.41) is 3.00. The van der Waals surface area contributed by atoms with Gasteiger partial charge in [0.15, 0.2) is 5.78 Å². The highest BCUT2D eigenvalue weighted by Crippen LogP contribution is 2.29. The summed E-state index contributed by atoms with van der Waals surface area (Å²) < 4.78 is 7.31. The molecule has 2 aromatic carbocycles. The minimum absolute atomic E-state index is 0.0541. The second-order valence-electron chi connectivity index (χ2n) is 6.43. The number of benzene rings is 2. The van der Waals surface area contributed by atoms with Crippen molar-refractivity contribution in [3.8, 4) is 5.75 Å². The molecule has 0 fully saturated rings. The molecule has 6 heteroatoms. The normalized spacial score (nSPS) is 11.6. The van der Waals surface area contributed by atoms with Crippen molar-refractivity contribution >= 4 is 11.7 Å². The summed E-state index contributed by atoms with van der Waals surface area (Å²) in [6, 6.07) is 16.0. The molecule has 1 heterocycles. The molecule has 28 heavy (non-hydrogen) atoms. The highest BCUT2D eigenvalue weighted by atomic mass is 16.5. The fourth-order valence-electron chi connectivity index (χ4n) is 3.07. The van der Waals surface area contributed by atoms with E-state index in [1.807, 2.05) is 60.3 Å². The van der Waals surface area contributed by atoms with E-state index in [1.165, 1.54) is 0 Å². The van der Waals surface area contributed by atoms with E-state index in [-0.39, 0.29) is 24.5 Å². The van der Waals surface area contributed by atoms with Gasteiger partial charge in [0, 0.05) is 43.4 Å². The molecular formula is C22H23N3O3. The fraction of sp³-hybridized carbons (Fsp3) is 0.227. The van der Waals surface area contributed by atoms with E-state index in [9.17, 15) is 9.59 Å². The number of hydrogen-bond acceptors (Lipinski definition) is 4. The lowest BCUT2D eigenvalue weighted by molar-refractivity contribution is -0.121. The number of para-hydroxylation sites is 1. The van der Waals surface area contributed by atoms with Crippen LogP contribution >= 0.6 is 0 Å². The van der Waals surface area contributed by atoms with Gasteiger partial charge in [-0.25, -0.2) is 4.98 Å². The van der Waals surface area contributed by atoms with Gasteiger partial charge in [-0.3, -0.25) is 9.59 Å². The van der Waals surface area contributed by atoms with Gasteiger partial charge in [-0.1, -0.05) is 48.5 Å². The summed E-state index contributed by atoms with van der Waals surface area (Å²) in [4.78, 5) is 29.3. The van der Waals surface area contributed by atoms with Crippen molar-refractivity contribution in [3.05, 3.63) is 83.9 Å². The highest BCUT2D eigenvalue weighted by molar-refractivity contribution is 5.97. The zero-order valence-corrected chi connectivity index (χ0v) is 16.0. The zero-order valence-electron chi connectivity index (χ0n) is 16.0. The maximum absolute atomic E-state index is 12.6. The number of hydrogen-bond donors (Lipinski definition) is 1. The molecule has 1 atom stereocenters. The number of imidazole rings is 1. The van der Waals surface area contributed by atoms with Crippen molar-refractivity contribution in [1.29, 1.82) is 0 Å². The van der Waals surface area contributed by atoms with Crippen LogP contribution < -0.4 is 10.1 Å². The van der Waals surface area contributed by atoms with Gasteiger partial charge >= 0.3 is 0 Å². The maximum atomic E-state index is 12.6. The van der Waals surface area contributed by atoms with Crippen LogP contribution in [-0.4, -0.2) is 28.4 Å². The Bertz CT molecular complexity index is 950. The summed E-state index contributed by atoms with van der Waals surface area (Å²) in [5.74, 6) is 1.08. The van der Waals surface area contributed by atoms with Crippen molar-refractivity contribution in [2.45, 2.75) is 18.9 Å². The molecular weight excluding hydrogens is 354 g/mol. The van der Waals surface area contributed by atoms with Crippen LogP contribution in [0.1, 0.15) is 40.6 Å². The Balaban J connectivity index is 1.75. The van der Waals surface area contributed by atoms with E-state index in [2.05, 4.69) is 10.3 Å². The van der Waals surface area contributed by atoms with Gasteiger partial charge in [-0.2, -0.15) is 0 Å². The van der Waals surface area contributed by atoms with Crippen LogP contribution in [0.2, 0.25) is 0 Å². The number of carbonyl (C=O) groups is 2. The van der Waals surface area contributed by atoms with Crippen LogP contribution in [0.4, 0.5) is 0 Å². The molecule has 1 N–H and O–H groups in total. The molecule has 0 spiro atoms. The Hall–Kier alpha value is -3.41. The van der Waals surface area contributed by atoms with Crippen molar-refractivity contribution in [2.75, 3.05) is 7.11 Å². The number of methoxy groups -OCH3 is 1. The molecule has 144 valence electrons. The molecule has 0 aliphatic carbocycles. The number of ketones is 1. The first-order chi connectivity index (χ1) is 13.6. The lowest BCUT2D eigenvalue weighted by Crippen LogP contribution is -2.31. The molecule has 0 aliphatic heterocycles. The number of Topliss-reactive ketones (excluding diaryl/α,β-unsaturated/α-hetero) is 1. The molecule has 0 aliphatic rings. The molecule has 0 bridgehead atoms. The lowest BCUT2D eigenvalue weighted by atomic mass is 10.0. The average molecular weight is 377 g/mol. The molecule has 0 saturated carbocycles. The summed E-state index contributed by atoms with van der Waals surface area (Å²) >= 11 is 0. The Morgan fingerprint density at radius 3 is 2.46 bits per heavy atom. The first-order valence-corrected chi connectivity index (χ1v) is 9.08. The number of nitrogens with one attached hydrogen (secondary N) is 1. The predicted octanol–water partition coefficient (Wildman–Crippen LogP) is 3.30. The van der Waals surface area contributed by atoms with Crippen molar-refractivity contribution < 1.29 is 14.3 Å². The summed E-state index contributed by atoms with van der Waals surface area (Å²) in [6.45, 7) is 0. The van der Waals surface area contributed by atoms with Crippen LogP contribution in [0, 0.1) is 0 Å². The summed E-state index contributed by atoms with van der Waals surface area (Å²) in [5.41, 5.74) is 1.42. The Kier molecular flexibility index (Phi) is 6.22. The summed E-state index contributed by atoms with van der Waals surface area (Å²) in [7, 11) is 3.46. The molecule has 1 aromatic heterocycles. The average Bonchev–Trinajstić information content (AvgIpc) is 3.16. The fourth-order valence-corrected chi connectivity index (χ4v) is 3.07. The van der Waals surface area contributed by atoms with Gasteiger partial charge in [0.2, 0.25) is 5.91 Å². The third-order valence-corrected chi connectivity index (χ3v) is 4.55. The second kappa shape index (κ2) is 8.99. The number of carbonyl (C=O) groups excluding carboxylic acids is 2. The molecule has 0 radical (unpaired) electrons. The number of rotatable bonds is 8. The van der Waals surface area contributed by atoms with E-state index < -0.39 is 6.04 Å². The predicted molar refractivity (Wildman–Crippen MR) is 106 cm³/mol. The first kappa shape index (κ1) is 19.4. The molecule has 6 nitrogen and oxygen atoms in total. The van der Waals surface area contributed by atoms with Crippen molar-refractivity contribution in [3.63, 3.8) is 0 Å². The van der Waals surface area contributed by atoms with Gasteiger partial charge in [-0.15, -0.1) is 0 Å². The second-order valence-corrected chi connectivity index (χ2v) is 6.43. The first-order valence-electron chi connectivity index (χ1n) is 9.08. The Labute approximate surface area is 164 Å². The van der Waals surface area contributed by atoms with Crippen LogP contribution in [0.25, 0.3) is 0 Å². The number of amides is 1. The minimum Gasteiger partial charge on any atom is -0.496 e. The van der Waals surface area contributed by atoms with E-state index in [0.29, 0.717) is 17.1 Å². The zero-order chi connectivity index (χ0) is 19.9. The lowest BCUT2D eigenvalue weighted by Gasteiger charge is -2.21. The van der Waals surface area contributed by atoms with Crippen LogP contribution in [-0.2, 0) is 11.8 Å². The van der Waals surface area contributed by atoms with Crippen LogP contribution in [0.5, 0.6) is 5.75 Å². The largest absolute Gasteiger partial charge is 0.496 e. The van der Waals surface area contributed by atoms with Gasteiger partial charge in [0.1, 0.15) is 17.6 Å². The monoisotopic (exact) mass is 377 g/mol. The minimum atomic E-state index is -0.476. The number of aromatic nitrogens is 2. The quantitative estimate of drug-likeness (QED) is 0.612. The van der Waals surface area contributed by atoms with E-state index in [1.54, 1.807) is 25.4 Å². The molecule has 1 unspecified atom stereocenters. The van der Waals surface area contributed by atoms with Gasteiger partial charge < -0.3 is 14.6 Å². The van der Waals surface area contributed by atoms with Gasteiger partial charge in [0.25, 0.3) is 0 Å². The number of aryl methyl sites for hydroxylation is 1. The van der Waals surface area contributed by atoms with Crippen LogP contribution in [0.3, 0.4) is 0 Å². The molecule has 1 amide bonds. The van der Waals surface area contributed by atoms with Crippen molar-refractivity contribution in [2.24, 2.45) is 7.05 Å². The maximum Gasteiger partial charge on any atom is 0.221 e. The van der Waals surface area contributed by atoms with Gasteiger partial charge in [0.05, 0.1) is 7.11 Å². The SMILES string of the molecule is COc1ccccc1C(NC(=O)CCC(=O)c1ccccc1)c1nccn1C. The molecule has 0 saturated heterocycles. The van der Waals surface area contributed by atoms with Crippen LogP contribution in [0.15, 0.2) is 67.0 Å².